The van der Waals surface area contributed by atoms with Crippen LogP contribution in [0.3, 0.4) is 0 Å². The van der Waals surface area contributed by atoms with Crippen LogP contribution in [0.4, 0.5) is 0 Å². The first kappa shape index (κ1) is 15.9. The number of ether oxygens (including phenoxy) is 2. The van der Waals surface area contributed by atoms with Crippen LogP contribution in [0.15, 0.2) is 0 Å². The fraction of sp³-hybridized carbons (Fsp3) is 1.00. The summed E-state index contributed by atoms with van der Waals surface area (Å²) < 4.78 is 10.8. The molecule has 2 nitrogen and oxygen atoms in total. The van der Waals surface area contributed by atoms with E-state index in [2.05, 4.69) is 27.7 Å². The van der Waals surface area contributed by atoms with E-state index in [0.29, 0.717) is 5.92 Å². The molecule has 0 bridgehead atoms. The van der Waals surface area contributed by atoms with Crippen molar-refractivity contribution < 1.29 is 9.47 Å². The molecule has 0 saturated carbocycles. The van der Waals surface area contributed by atoms with Crippen molar-refractivity contribution in [1.82, 2.24) is 0 Å². The Kier molecular flexibility index (Phi) is 8.04. The van der Waals surface area contributed by atoms with E-state index in [1.54, 1.807) is 14.2 Å². The minimum absolute atomic E-state index is 0.179. The Balaban J connectivity index is 4.59. The molecular weight excluding hydrogens is 200 g/mol. The van der Waals surface area contributed by atoms with Crippen LogP contribution in [0, 0.1) is 17.3 Å². The largest absolute Gasteiger partial charge is 0.384 e. The zero-order chi connectivity index (χ0) is 12.6. The summed E-state index contributed by atoms with van der Waals surface area (Å²) in [5.74, 6) is 1.34. The van der Waals surface area contributed by atoms with Gasteiger partial charge in [0.15, 0.2) is 0 Å². The molecule has 0 aromatic rings. The van der Waals surface area contributed by atoms with Gasteiger partial charge >= 0.3 is 0 Å². The molecule has 16 heavy (non-hydrogen) atoms. The van der Waals surface area contributed by atoms with Gasteiger partial charge in [0.25, 0.3) is 0 Å². The molecule has 0 spiro atoms. The second kappa shape index (κ2) is 8.08. The summed E-state index contributed by atoms with van der Waals surface area (Å²) >= 11 is 0. The van der Waals surface area contributed by atoms with Gasteiger partial charge < -0.3 is 9.47 Å². The lowest BCUT2D eigenvalue weighted by Crippen LogP contribution is -2.38. The maximum atomic E-state index is 5.42. The van der Waals surface area contributed by atoms with E-state index in [1.807, 2.05) is 0 Å². The average Bonchev–Trinajstić information content (AvgIpc) is 2.18. The van der Waals surface area contributed by atoms with Gasteiger partial charge in [-0.15, -0.1) is 0 Å². The smallest absolute Gasteiger partial charge is 0.0543 e. The van der Waals surface area contributed by atoms with E-state index in [0.717, 1.165) is 19.1 Å². The predicted molar refractivity (Wildman–Crippen MR) is 69.7 cm³/mol. The van der Waals surface area contributed by atoms with Crippen LogP contribution < -0.4 is 0 Å². The molecule has 0 amide bonds. The third kappa shape index (κ3) is 4.84. The summed E-state index contributed by atoms with van der Waals surface area (Å²) in [6.45, 7) is 10.7. The molecule has 1 unspecified atom stereocenters. The van der Waals surface area contributed by atoms with Gasteiger partial charge in [-0.05, 0) is 18.3 Å². The topological polar surface area (TPSA) is 18.5 Å². The quantitative estimate of drug-likeness (QED) is 0.600. The maximum Gasteiger partial charge on any atom is 0.0543 e. The molecule has 0 rings (SSSR count). The highest BCUT2D eigenvalue weighted by atomic mass is 16.5. The summed E-state index contributed by atoms with van der Waals surface area (Å²) in [4.78, 5) is 0. The number of hydrogen-bond donors (Lipinski definition) is 0. The van der Waals surface area contributed by atoms with Crippen LogP contribution in [-0.2, 0) is 9.47 Å². The monoisotopic (exact) mass is 230 g/mol. The highest BCUT2D eigenvalue weighted by Crippen LogP contribution is 2.36. The zero-order valence-corrected chi connectivity index (χ0v) is 12.0. The summed E-state index contributed by atoms with van der Waals surface area (Å²) in [7, 11) is 3.58. The van der Waals surface area contributed by atoms with Crippen LogP contribution in [0.2, 0.25) is 0 Å². The van der Waals surface area contributed by atoms with Crippen LogP contribution >= 0.6 is 0 Å². The summed E-state index contributed by atoms with van der Waals surface area (Å²) in [5, 5.41) is 0. The molecule has 0 aliphatic carbocycles. The van der Waals surface area contributed by atoms with Crippen molar-refractivity contribution in [2.45, 2.75) is 47.0 Å². The van der Waals surface area contributed by atoms with Crippen LogP contribution in [0.5, 0.6) is 0 Å². The molecule has 0 aliphatic rings. The first-order chi connectivity index (χ1) is 7.52. The van der Waals surface area contributed by atoms with Crippen molar-refractivity contribution in [2.24, 2.45) is 17.3 Å². The fourth-order valence-electron chi connectivity index (χ4n) is 2.59. The molecule has 0 aromatic heterocycles. The Morgan fingerprint density at radius 1 is 1.00 bits per heavy atom. The first-order valence-corrected chi connectivity index (χ1v) is 6.50. The summed E-state index contributed by atoms with van der Waals surface area (Å²) in [6, 6.07) is 0. The zero-order valence-electron chi connectivity index (χ0n) is 12.0. The van der Waals surface area contributed by atoms with E-state index in [-0.39, 0.29) is 5.41 Å². The Bertz CT molecular complexity index is 160. The lowest BCUT2D eigenvalue weighted by atomic mass is 9.72. The van der Waals surface area contributed by atoms with Crippen LogP contribution in [0.25, 0.3) is 0 Å². The van der Waals surface area contributed by atoms with E-state index in [4.69, 9.17) is 9.47 Å². The Hall–Kier alpha value is -0.0800. The van der Waals surface area contributed by atoms with Crippen molar-refractivity contribution in [3.8, 4) is 0 Å². The predicted octanol–water partition coefficient (Wildman–Crippen LogP) is 3.75. The summed E-state index contributed by atoms with van der Waals surface area (Å²) in [5.41, 5.74) is 0.179. The van der Waals surface area contributed by atoms with E-state index in [1.165, 1.54) is 19.3 Å². The van der Waals surface area contributed by atoms with Gasteiger partial charge in [0.2, 0.25) is 0 Å². The molecule has 0 aliphatic heterocycles. The third-order valence-electron chi connectivity index (χ3n) is 3.62. The van der Waals surface area contributed by atoms with E-state index >= 15 is 0 Å². The van der Waals surface area contributed by atoms with Gasteiger partial charge in [0, 0.05) is 19.6 Å². The normalized spacial score (nSPS) is 14.4. The second-order valence-electron chi connectivity index (χ2n) is 5.48. The minimum atomic E-state index is 0.179. The molecular formula is C14H30O2. The number of methoxy groups -OCH3 is 2. The van der Waals surface area contributed by atoms with Gasteiger partial charge in [0.05, 0.1) is 13.2 Å². The Morgan fingerprint density at radius 2 is 1.50 bits per heavy atom. The molecule has 0 N–H and O–H groups in total. The number of hydrogen-bond acceptors (Lipinski definition) is 2. The van der Waals surface area contributed by atoms with Crippen molar-refractivity contribution in [3.63, 3.8) is 0 Å². The molecule has 0 saturated heterocycles. The molecule has 1 atom stereocenters. The molecule has 98 valence electrons. The van der Waals surface area contributed by atoms with Gasteiger partial charge in [-0.1, -0.05) is 40.5 Å². The lowest BCUT2D eigenvalue weighted by Gasteiger charge is -2.38. The standard InChI is InChI=1S/C14H30O2/c1-7-8-13(4)9-14(10-15-5,11-16-6)12(2)3/h12-13H,7-11H2,1-6H3. The van der Waals surface area contributed by atoms with Gasteiger partial charge in [-0.3, -0.25) is 0 Å². The minimum Gasteiger partial charge on any atom is -0.384 e. The van der Waals surface area contributed by atoms with Crippen molar-refractivity contribution in [1.29, 1.82) is 0 Å². The highest BCUT2D eigenvalue weighted by Gasteiger charge is 2.35. The maximum absolute atomic E-state index is 5.42. The first-order valence-electron chi connectivity index (χ1n) is 6.50. The molecule has 0 heterocycles. The van der Waals surface area contributed by atoms with Crippen LogP contribution in [0.1, 0.15) is 47.0 Å². The van der Waals surface area contributed by atoms with Crippen LogP contribution in [-0.4, -0.2) is 27.4 Å². The molecule has 0 fully saturated rings. The highest BCUT2D eigenvalue weighted by molar-refractivity contribution is 4.84. The second-order valence-corrected chi connectivity index (χ2v) is 5.48. The van der Waals surface area contributed by atoms with Crippen molar-refractivity contribution in [3.05, 3.63) is 0 Å². The molecule has 0 radical (unpaired) electrons. The average molecular weight is 230 g/mol. The summed E-state index contributed by atoms with van der Waals surface area (Å²) in [6.07, 6.45) is 3.75. The van der Waals surface area contributed by atoms with Gasteiger partial charge in [-0.25, -0.2) is 0 Å². The fourth-order valence-corrected chi connectivity index (χ4v) is 2.59. The van der Waals surface area contributed by atoms with E-state index < -0.39 is 0 Å². The van der Waals surface area contributed by atoms with Crippen molar-refractivity contribution >= 4 is 0 Å². The Morgan fingerprint density at radius 3 is 1.81 bits per heavy atom. The lowest BCUT2D eigenvalue weighted by molar-refractivity contribution is -0.0355. The number of rotatable bonds is 9. The third-order valence-corrected chi connectivity index (χ3v) is 3.62. The van der Waals surface area contributed by atoms with Gasteiger partial charge in [-0.2, -0.15) is 0 Å². The van der Waals surface area contributed by atoms with E-state index in [9.17, 15) is 0 Å². The Labute approximate surface area is 102 Å². The van der Waals surface area contributed by atoms with Crippen molar-refractivity contribution in [2.75, 3.05) is 27.4 Å². The molecule has 0 aromatic carbocycles. The molecule has 2 heteroatoms. The SMILES string of the molecule is CCCC(C)CC(COC)(COC)C(C)C. The van der Waals surface area contributed by atoms with Gasteiger partial charge in [0.1, 0.15) is 0 Å².